The number of hydrogen-bond acceptors (Lipinski definition) is 1. The fraction of sp³-hybridized carbons (Fsp3) is 0.556. The molecular formula is C9H13O. The maximum atomic E-state index is 11.0. The highest BCUT2D eigenvalue weighted by Crippen LogP contribution is 2.24. The molecule has 1 heteroatoms. The molecule has 1 nitrogen and oxygen atoms in total. The van der Waals surface area contributed by atoms with E-state index in [1.54, 1.807) is 6.08 Å². The molecule has 0 amide bonds. The Kier molecular flexibility index (Phi) is 2.67. The lowest BCUT2D eigenvalue weighted by Crippen LogP contribution is -2.05. The number of allylic oxidation sites excluding steroid dienone is 1. The van der Waals surface area contributed by atoms with E-state index in [9.17, 15) is 4.79 Å². The van der Waals surface area contributed by atoms with Crippen LogP contribution in [-0.2, 0) is 4.79 Å². The molecular weight excluding hydrogens is 124 g/mol. The minimum Gasteiger partial charge on any atom is -0.299 e. The number of hydrogen-bond donors (Lipinski definition) is 0. The van der Waals surface area contributed by atoms with Gasteiger partial charge in [0.2, 0.25) is 0 Å². The van der Waals surface area contributed by atoms with E-state index in [1.165, 1.54) is 0 Å². The Labute approximate surface area is 62.1 Å². The maximum absolute atomic E-state index is 11.0. The summed E-state index contributed by atoms with van der Waals surface area (Å²) in [6, 6.07) is 0. The molecule has 1 aliphatic rings. The molecule has 55 valence electrons. The molecule has 1 fully saturated rings. The van der Waals surface area contributed by atoms with E-state index in [2.05, 4.69) is 6.58 Å². The Morgan fingerprint density at radius 2 is 2.50 bits per heavy atom. The normalized spacial score (nSPS) is 25.2. The van der Waals surface area contributed by atoms with Crippen LogP contribution in [0.3, 0.4) is 0 Å². The van der Waals surface area contributed by atoms with Gasteiger partial charge in [-0.3, -0.25) is 4.79 Å². The molecule has 0 heterocycles. The first-order chi connectivity index (χ1) is 4.84. The summed E-state index contributed by atoms with van der Waals surface area (Å²) in [6.07, 6.45) is 7.63. The van der Waals surface area contributed by atoms with Gasteiger partial charge in [0.25, 0.3) is 0 Å². The molecule has 1 saturated carbocycles. The van der Waals surface area contributed by atoms with Gasteiger partial charge in [-0.25, -0.2) is 0 Å². The van der Waals surface area contributed by atoms with E-state index < -0.39 is 0 Å². The van der Waals surface area contributed by atoms with Gasteiger partial charge in [-0.1, -0.05) is 6.08 Å². The van der Waals surface area contributed by atoms with Crippen molar-refractivity contribution in [1.82, 2.24) is 0 Å². The van der Waals surface area contributed by atoms with Crippen molar-refractivity contribution in [2.75, 3.05) is 0 Å². The van der Waals surface area contributed by atoms with Crippen LogP contribution < -0.4 is 0 Å². The standard InChI is InChI=1S/C9H13O/c1-2-3-5-8-6-4-7-9(8)10/h2-3,8H,1,4-7H2. The SMILES string of the molecule is C=C[CH]CC1CCCC1=O. The second-order valence-corrected chi connectivity index (χ2v) is 2.76. The Bertz CT molecular complexity index is 138. The lowest BCUT2D eigenvalue weighted by Gasteiger charge is -2.02. The molecule has 0 aliphatic heterocycles. The van der Waals surface area contributed by atoms with Crippen LogP contribution in [0.2, 0.25) is 0 Å². The van der Waals surface area contributed by atoms with Crippen LogP contribution in [0.15, 0.2) is 12.7 Å². The quantitative estimate of drug-likeness (QED) is 0.582. The Morgan fingerprint density at radius 1 is 1.70 bits per heavy atom. The highest BCUT2D eigenvalue weighted by molar-refractivity contribution is 5.82. The lowest BCUT2D eigenvalue weighted by atomic mass is 10.0. The predicted octanol–water partition coefficient (Wildman–Crippen LogP) is 2.14. The topological polar surface area (TPSA) is 17.1 Å². The average molecular weight is 137 g/mol. The third kappa shape index (κ3) is 1.69. The summed E-state index contributed by atoms with van der Waals surface area (Å²) in [5, 5.41) is 0. The Hall–Kier alpha value is -0.590. The molecule has 1 aliphatic carbocycles. The molecule has 1 unspecified atom stereocenters. The van der Waals surface area contributed by atoms with Crippen LogP contribution in [0.25, 0.3) is 0 Å². The van der Waals surface area contributed by atoms with Gasteiger partial charge < -0.3 is 0 Å². The molecule has 0 aromatic carbocycles. The summed E-state index contributed by atoms with van der Waals surface area (Å²) >= 11 is 0. The van der Waals surface area contributed by atoms with Gasteiger partial charge in [0, 0.05) is 12.3 Å². The highest BCUT2D eigenvalue weighted by atomic mass is 16.1. The van der Waals surface area contributed by atoms with E-state index in [0.29, 0.717) is 11.7 Å². The number of carbonyl (C=O) groups is 1. The Balaban J connectivity index is 2.26. The van der Waals surface area contributed by atoms with Crippen molar-refractivity contribution in [3.05, 3.63) is 19.1 Å². The molecule has 10 heavy (non-hydrogen) atoms. The smallest absolute Gasteiger partial charge is 0.135 e. The molecule has 0 spiro atoms. The van der Waals surface area contributed by atoms with Crippen LogP contribution in [0.5, 0.6) is 0 Å². The first-order valence-electron chi connectivity index (χ1n) is 3.81. The first kappa shape index (κ1) is 7.52. The first-order valence-corrected chi connectivity index (χ1v) is 3.81. The average Bonchev–Trinajstić information content (AvgIpc) is 2.31. The van der Waals surface area contributed by atoms with Crippen LogP contribution in [0, 0.1) is 12.3 Å². The van der Waals surface area contributed by atoms with E-state index in [0.717, 1.165) is 25.7 Å². The summed E-state index contributed by atoms with van der Waals surface area (Å²) in [7, 11) is 0. The van der Waals surface area contributed by atoms with Gasteiger partial charge in [0.05, 0.1) is 0 Å². The van der Waals surface area contributed by atoms with Crippen LogP contribution in [-0.4, -0.2) is 5.78 Å². The van der Waals surface area contributed by atoms with Crippen LogP contribution in [0.4, 0.5) is 0 Å². The second-order valence-electron chi connectivity index (χ2n) is 2.76. The molecule has 1 radical (unpaired) electrons. The van der Waals surface area contributed by atoms with Gasteiger partial charge in [-0.15, -0.1) is 6.58 Å². The minimum absolute atomic E-state index is 0.318. The number of ketones is 1. The van der Waals surface area contributed by atoms with Gasteiger partial charge in [-0.2, -0.15) is 0 Å². The van der Waals surface area contributed by atoms with Gasteiger partial charge in [0.1, 0.15) is 5.78 Å². The molecule has 1 atom stereocenters. The van der Waals surface area contributed by atoms with Crippen molar-refractivity contribution in [3.8, 4) is 0 Å². The summed E-state index contributed by atoms with van der Waals surface area (Å²) in [4.78, 5) is 11.0. The number of Topliss-reactive ketones (excluding diaryl/α,β-unsaturated/α-hetero) is 1. The van der Waals surface area contributed by atoms with E-state index >= 15 is 0 Å². The minimum atomic E-state index is 0.318. The van der Waals surface area contributed by atoms with Crippen molar-refractivity contribution in [3.63, 3.8) is 0 Å². The summed E-state index contributed by atoms with van der Waals surface area (Å²) < 4.78 is 0. The van der Waals surface area contributed by atoms with Gasteiger partial charge in [0.15, 0.2) is 0 Å². The molecule has 0 N–H and O–H groups in total. The van der Waals surface area contributed by atoms with Crippen LogP contribution >= 0.6 is 0 Å². The third-order valence-corrected chi connectivity index (χ3v) is 2.02. The zero-order chi connectivity index (χ0) is 7.40. The zero-order valence-electron chi connectivity index (χ0n) is 6.18. The van der Waals surface area contributed by atoms with Crippen molar-refractivity contribution in [2.24, 2.45) is 5.92 Å². The summed E-state index contributed by atoms with van der Waals surface area (Å²) in [5.41, 5.74) is 0. The molecule has 0 bridgehead atoms. The zero-order valence-corrected chi connectivity index (χ0v) is 6.18. The van der Waals surface area contributed by atoms with E-state index in [4.69, 9.17) is 0 Å². The fourth-order valence-electron chi connectivity index (χ4n) is 1.40. The number of rotatable bonds is 3. The molecule has 0 aromatic rings. The van der Waals surface area contributed by atoms with Crippen molar-refractivity contribution in [1.29, 1.82) is 0 Å². The van der Waals surface area contributed by atoms with Gasteiger partial charge in [-0.05, 0) is 25.7 Å². The highest BCUT2D eigenvalue weighted by Gasteiger charge is 2.22. The number of carbonyl (C=O) groups excluding carboxylic acids is 1. The fourth-order valence-corrected chi connectivity index (χ4v) is 1.40. The van der Waals surface area contributed by atoms with E-state index in [-0.39, 0.29) is 0 Å². The second kappa shape index (κ2) is 3.55. The van der Waals surface area contributed by atoms with Crippen molar-refractivity contribution < 1.29 is 4.79 Å². The Morgan fingerprint density at radius 3 is 3.00 bits per heavy atom. The van der Waals surface area contributed by atoms with E-state index in [1.807, 2.05) is 6.42 Å². The van der Waals surface area contributed by atoms with Crippen molar-refractivity contribution in [2.45, 2.75) is 25.7 Å². The molecule has 0 saturated heterocycles. The van der Waals surface area contributed by atoms with Crippen LogP contribution in [0.1, 0.15) is 25.7 Å². The predicted molar refractivity (Wildman–Crippen MR) is 41.5 cm³/mol. The largest absolute Gasteiger partial charge is 0.299 e. The molecule has 1 rings (SSSR count). The lowest BCUT2D eigenvalue weighted by molar-refractivity contribution is -0.120. The third-order valence-electron chi connectivity index (χ3n) is 2.02. The summed E-state index contributed by atoms with van der Waals surface area (Å²) in [6.45, 7) is 3.58. The summed E-state index contributed by atoms with van der Waals surface area (Å²) in [5.74, 6) is 0.760. The molecule has 0 aromatic heterocycles. The maximum Gasteiger partial charge on any atom is 0.135 e. The van der Waals surface area contributed by atoms with Crippen molar-refractivity contribution >= 4 is 5.78 Å². The van der Waals surface area contributed by atoms with Gasteiger partial charge >= 0.3 is 0 Å². The monoisotopic (exact) mass is 137 g/mol.